The zero-order valence-corrected chi connectivity index (χ0v) is 16.1. The Labute approximate surface area is 162 Å². The summed E-state index contributed by atoms with van der Waals surface area (Å²) in [6.45, 7) is 2.50. The van der Waals surface area contributed by atoms with Gasteiger partial charge >= 0.3 is 0 Å². The topological polar surface area (TPSA) is 71.6 Å². The number of anilines is 1. The van der Waals surface area contributed by atoms with Crippen LogP contribution in [0.2, 0.25) is 0 Å². The summed E-state index contributed by atoms with van der Waals surface area (Å²) in [5.41, 5.74) is 2.86. The second kappa shape index (κ2) is 7.60. The largest absolute Gasteiger partial charge is 0.328 e. The molecule has 1 aliphatic heterocycles. The maximum atomic E-state index is 11.0. The second-order valence-corrected chi connectivity index (χ2v) is 8.08. The van der Waals surface area contributed by atoms with Crippen LogP contribution in [0, 0.1) is 17.0 Å². The van der Waals surface area contributed by atoms with Crippen LogP contribution in [-0.4, -0.2) is 22.3 Å². The number of aliphatic imine (C=N–C) groups is 1. The van der Waals surface area contributed by atoms with Crippen LogP contribution in [0.3, 0.4) is 0 Å². The number of nitrogens with zero attached hydrogens (tertiary/aromatic N) is 4. The van der Waals surface area contributed by atoms with Crippen LogP contribution in [0.25, 0.3) is 0 Å². The predicted octanol–water partition coefficient (Wildman–Crippen LogP) is 5.19. The zero-order chi connectivity index (χ0) is 18.8. The van der Waals surface area contributed by atoms with Crippen LogP contribution in [0.1, 0.15) is 53.6 Å². The molecule has 1 saturated carbocycles. The molecule has 27 heavy (non-hydrogen) atoms. The van der Waals surface area contributed by atoms with Crippen molar-refractivity contribution in [1.82, 2.24) is 4.98 Å². The van der Waals surface area contributed by atoms with Gasteiger partial charge in [-0.25, -0.2) is 4.98 Å². The highest BCUT2D eigenvalue weighted by atomic mass is 32.1. The molecule has 0 atom stereocenters. The van der Waals surface area contributed by atoms with Crippen molar-refractivity contribution >= 4 is 28.4 Å². The molecule has 2 aliphatic rings. The van der Waals surface area contributed by atoms with Gasteiger partial charge in [0.05, 0.1) is 26.2 Å². The first-order chi connectivity index (χ1) is 13.1. The third kappa shape index (κ3) is 3.78. The number of benzene rings is 1. The molecular formula is C20H22N4O2S. The maximum Gasteiger partial charge on any atom is 0.271 e. The van der Waals surface area contributed by atoms with Gasteiger partial charge in [0.2, 0.25) is 0 Å². The molecule has 140 valence electrons. The highest BCUT2D eigenvalue weighted by Gasteiger charge is 2.22. The van der Waals surface area contributed by atoms with E-state index in [4.69, 9.17) is 9.98 Å². The van der Waals surface area contributed by atoms with Gasteiger partial charge in [0.1, 0.15) is 6.67 Å². The fourth-order valence-electron chi connectivity index (χ4n) is 3.69. The lowest BCUT2D eigenvalue weighted by atomic mass is 9.90. The van der Waals surface area contributed by atoms with E-state index in [9.17, 15) is 10.1 Å². The van der Waals surface area contributed by atoms with Crippen molar-refractivity contribution < 1.29 is 4.92 Å². The summed E-state index contributed by atoms with van der Waals surface area (Å²) < 4.78 is 0. The van der Waals surface area contributed by atoms with Crippen molar-refractivity contribution in [3.8, 4) is 0 Å². The Hall–Kier alpha value is -2.54. The smallest absolute Gasteiger partial charge is 0.271 e. The molecule has 1 aromatic carbocycles. The molecule has 4 rings (SSSR count). The van der Waals surface area contributed by atoms with E-state index < -0.39 is 0 Å². The van der Waals surface area contributed by atoms with Crippen molar-refractivity contribution in [2.24, 2.45) is 4.99 Å². The molecule has 1 fully saturated rings. The van der Waals surface area contributed by atoms with E-state index in [2.05, 4.69) is 6.92 Å². The first kappa shape index (κ1) is 17.9. The van der Waals surface area contributed by atoms with Crippen LogP contribution in [0.15, 0.2) is 41.5 Å². The minimum atomic E-state index is -0.376. The van der Waals surface area contributed by atoms with E-state index in [1.54, 1.807) is 23.5 Å². The van der Waals surface area contributed by atoms with Crippen LogP contribution >= 0.6 is 11.3 Å². The minimum Gasteiger partial charge on any atom is -0.328 e. The molecule has 0 unspecified atom stereocenters. The maximum absolute atomic E-state index is 11.0. The number of aromatic nitrogens is 1. The molecule has 2 heterocycles. The molecule has 0 N–H and O–H groups in total. The number of hydrogen-bond donors (Lipinski definition) is 0. The Morgan fingerprint density at radius 3 is 2.78 bits per heavy atom. The fraction of sp³-hybridized carbons (Fsp3) is 0.400. The van der Waals surface area contributed by atoms with Gasteiger partial charge in [-0.3, -0.25) is 15.1 Å². The second-order valence-electron chi connectivity index (χ2n) is 7.05. The van der Waals surface area contributed by atoms with Crippen molar-refractivity contribution in [2.45, 2.75) is 44.9 Å². The summed E-state index contributed by atoms with van der Waals surface area (Å²) >= 11 is 1.77. The monoisotopic (exact) mass is 382 g/mol. The van der Waals surface area contributed by atoms with Crippen molar-refractivity contribution in [3.63, 3.8) is 0 Å². The molecule has 1 aliphatic carbocycles. The summed E-state index contributed by atoms with van der Waals surface area (Å²) in [5.74, 6) is 0.603. The molecule has 1 aromatic heterocycles. The third-order valence-corrected chi connectivity index (χ3v) is 6.52. The van der Waals surface area contributed by atoms with Crippen LogP contribution in [0.4, 0.5) is 11.4 Å². The number of nitro groups is 1. The number of nitro benzene ring substituents is 1. The standard InChI is InChI=1S/C20H22N4O2S/c1-14-19(27-20(22-14)15-6-3-2-4-7-15)18-10-11-23(13-21-18)16-8-5-9-17(12-16)24(25)26/h5,8-12,15H,2-4,6-7,13H2,1H3. The van der Waals surface area contributed by atoms with Crippen molar-refractivity contribution in [1.29, 1.82) is 0 Å². The number of allylic oxidation sites excluding steroid dienone is 1. The number of aryl methyl sites for hydroxylation is 1. The average Bonchev–Trinajstić information content (AvgIpc) is 3.10. The molecule has 0 amide bonds. The highest BCUT2D eigenvalue weighted by Crippen LogP contribution is 2.36. The highest BCUT2D eigenvalue weighted by molar-refractivity contribution is 7.14. The molecule has 2 aromatic rings. The lowest BCUT2D eigenvalue weighted by molar-refractivity contribution is -0.384. The molecule has 0 spiro atoms. The minimum absolute atomic E-state index is 0.0890. The van der Waals surface area contributed by atoms with Gasteiger partial charge in [-0.15, -0.1) is 11.3 Å². The van der Waals surface area contributed by atoms with Crippen molar-refractivity contribution in [2.75, 3.05) is 11.6 Å². The lowest BCUT2D eigenvalue weighted by Crippen LogP contribution is -2.21. The van der Waals surface area contributed by atoms with Crippen LogP contribution in [0.5, 0.6) is 0 Å². The summed E-state index contributed by atoms with van der Waals surface area (Å²) in [5, 5.41) is 12.2. The van der Waals surface area contributed by atoms with Gasteiger partial charge in [0, 0.05) is 29.9 Å². The Morgan fingerprint density at radius 1 is 1.26 bits per heavy atom. The number of thiazole rings is 1. The van der Waals surface area contributed by atoms with E-state index in [1.165, 1.54) is 43.2 Å². The van der Waals surface area contributed by atoms with Gasteiger partial charge in [0.25, 0.3) is 5.69 Å². The summed E-state index contributed by atoms with van der Waals surface area (Å²) in [6, 6.07) is 6.63. The molecule has 0 saturated heterocycles. The van der Waals surface area contributed by atoms with E-state index in [-0.39, 0.29) is 10.6 Å². The van der Waals surface area contributed by atoms with Gasteiger partial charge in [-0.1, -0.05) is 25.3 Å². The Balaban J connectivity index is 1.51. The number of hydrogen-bond acceptors (Lipinski definition) is 6. The van der Waals surface area contributed by atoms with E-state index in [0.717, 1.165) is 22.0 Å². The van der Waals surface area contributed by atoms with Gasteiger partial charge in [0.15, 0.2) is 0 Å². The van der Waals surface area contributed by atoms with Crippen LogP contribution in [-0.2, 0) is 0 Å². The SMILES string of the molecule is Cc1nc(C2CCCCC2)sc1C1=NCN(c2cccc([N+](=O)[O-])c2)C=C1. The van der Waals surface area contributed by atoms with Gasteiger partial charge in [-0.2, -0.15) is 0 Å². The zero-order valence-electron chi connectivity index (χ0n) is 15.3. The molecule has 0 bridgehead atoms. The third-order valence-electron chi connectivity index (χ3n) is 5.18. The Bertz CT molecular complexity index is 912. The van der Waals surface area contributed by atoms with E-state index in [1.807, 2.05) is 23.2 Å². The first-order valence-electron chi connectivity index (χ1n) is 9.33. The van der Waals surface area contributed by atoms with E-state index in [0.29, 0.717) is 12.6 Å². The number of rotatable bonds is 4. The lowest BCUT2D eigenvalue weighted by Gasteiger charge is -2.21. The van der Waals surface area contributed by atoms with Gasteiger partial charge < -0.3 is 4.90 Å². The van der Waals surface area contributed by atoms with Crippen molar-refractivity contribution in [3.05, 3.63) is 62.2 Å². The number of non-ortho nitro benzene ring substituents is 1. The average molecular weight is 382 g/mol. The van der Waals surface area contributed by atoms with E-state index >= 15 is 0 Å². The molecular weight excluding hydrogens is 360 g/mol. The molecule has 0 radical (unpaired) electrons. The molecule has 6 nitrogen and oxygen atoms in total. The quantitative estimate of drug-likeness (QED) is 0.539. The normalized spacial score (nSPS) is 17.8. The molecule has 7 heteroatoms. The first-order valence-corrected chi connectivity index (χ1v) is 10.1. The Kier molecular flexibility index (Phi) is 5.03. The Morgan fingerprint density at radius 2 is 2.07 bits per heavy atom. The summed E-state index contributed by atoms with van der Waals surface area (Å²) in [7, 11) is 0. The predicted molar refractivity (Wildman–Crippen MR) is 109 cm³/mol. The van der Waals surface area contributed by atoms with Gasteiger partial charge in [-0.05, 0) is 31.9 Å². The summed E-state index contributed by atoms with van der Waals surface area (Å²) in [6.07, 6.45) is 10.4. The van der Waals surface area contributed by atoms with Crippen LogP contribution < -0.4 is 4.90 Å². The fourth-order valence-corrected chi connectivity index (χ4v) is 4.92. The summed E-state index contributed by atoms with van der Waals surface area (Å²) in [4.78, 5) is 23.2.